The molecule has 92 valence electrons. The quantitative estimate of drug-likeness (QED) is 0.914. The number of nitrogens with zero attached hydrogens (tertiary/aromatic N) is 1. The number of halogens is 1. The summed E-state index contributed by atoms with van der Waals surface area (Å²) in [7, 11) is 0. The first kappa shape index (κ1) is 11.6. The Labute approximate surface area is 115 Å². The molecule has 0 aromatic heterocycles. The maximum Gasteiger partial charge on any atom is 0.129 e. The van der Waals surface area contributed by atoms with Gasteiger partial charge >= 0.3 is 0 Å². The molecular weight excluding hydrogens is 290 g/mol. The lowest BCUT2D eigenvalue weighted by Gasteiger charge is -2.19. The molecule has 0 aliphatic carbocycles. The lowest BCUT2D eigenvalue weighted by Crippen LogP contribution is -2.19. The molecule has 0 saturated heterocycles. The van der Waals surface area contributed by atoms with E-state index in [0.717, 1.165) is 24.0 Å². The minimum absolute atomic E-state index is 0.292. The van der Waals surface area contributed by atoms with E-state index >= 15 is 0 Å². The monoisotopic (exact) mass is 303 g/mol. The number of para-hydroxylation sites is 1. The van der Waals surface area contributed by atoms with E-state index in [1.807, 2.05) is 12.1 Å². The van der Waals surface area contributed by atoms with Crippen molar-refractivity contribution < 1.29 is 5.11 Å². The van der Waals surface area contributed by atoms with Gasteiger partial charge < -0.3 is 10.0 Å². The Morgan fingerprint density at radius 1 is 1.17 bits per heavy atom. The van der Waals surface area contributed by atoms with E-state index in [1.165, 1.54) is 16.8 Å². The Morgan fingerprint density at radius 3 is 2.83 bits per heavy atom. The van der Waals surface area contributed by atoms with Gasteiger partial charge in [-0.05, 0) is 51.7 Å². The zero-order valence-electron chi connectivity index (χ0n) is 9.94. The van der Waals surface area contributed by atoms with Gasteiger partial charge in [-0.1, -0.05) is 24.3 Å². The number of rotatable bonds is 2. The molecule has 1 aliphatic heterocycles. The average molecular weight is 304 g/mol. The average Bonchev–Trinajstić information content (AvgIpc) is 2.78. The van der Waals surface area contributed by atoms with Crippen LogP contribution in [0.5, 0.6) is 5.75 Å². The Bertz CT molecular complexity index is 582. The molecule has 0 fully saturated rings. The van der Waals surface area contributed by atoms with Crippen molar-refractivity contribution in [1.29, 1.82) is 0 Å². The SMILES string of the molecule is Oc1ccc(CN2CCc3ccccc32)cc1Br. The summed E-state index contributed by atoms with van der Waals surface area (Å²) in [6, 6.07) is 14.3. The molecule has 0 atom stereocenters. The molecule has 0 saturated carbocycles. The molecule has 0 radical (unpaired) electrons. The summed E-state index contributed by atoms with van der Waals surface area (Å²) in [6.45, 7) is 1.95. The van der Waals surface area contributed by atoms with E-state index < -0.39 is 0 Å². The van der Waals surface area contributed by atoms with Crippen LogP contribution in [0.4, 0.5) is 5.69 Å². The second kappa shape index (κ2) is 4.65. The predicted molar refractivity (Wildman–Crippen MR) is 77.0 cm³/mol. The van der Waals surface area contributed by atoms with Crippen molar-refractivity contribution in [1.82, 2.24) is 0 Å². The molecule has 0 amide bonds. The fourth-order valence-electron chi connectivity index (χ4n) is 2.44. The number of phenolic OH excluding ortho intramolecular Hbond substituents is 1. The van der Waals surface area contributed by atoms with E-state index in [9.17, 15) is 5.11 Å². The minimum Gasteiger partial charge on any atom is -0.507 e. The number of benzene rings is 2. The number of fused-ring (bicyclic) bond motifs is 1. The van der Waals surface area contributed by atoms with Gasteiger partial charge in [0.1, 0.15) is 5.75 Å². The number of hydrogen-bond donors (Lipinski definition) is 1. The number of anilines is 1. The lowest BCUT2D eigenvalue weighted by molar-refractivity contribution is 0.471. The fraction of sp³-hybridized carbons (Fsp3) is 0.200. The zero-order chi connectivity index (χ0) is 12.5. The van der Waals surface area contributed by atoms with Crippen LogP contribution in [0, 0.1) is 0 Å². The molecule has 0 unspecified atom stereocenters. The normalized spacial score (nSPS) is 13.7. The van der Waals surface area contributed by atoms with Crippen molar-refractivity contribution >= 4 is 21.6 Å². The Morgan fingerprint density at radius 2 is 2.00 bits per heavy atom. The van der Waals surface area contributed by atoms with E-state index in [1.54, 1.807) is 6.07 Å². The van der Waals surface area contributed by atoms with Crippen LogP contribution in [0.3, 0.4) is 0 Å². The van der Waals surface area contributed by atoms with E-state index in [0.29, 0.717) is 5.75 Å². The number of hydrogen-bond acceptors (Lipinski definition) is 2. The summed E-state index contributed by atoms with van der Waals surface area (Å²) in [5.74, 6) is 0.292. The lowest BCUT2D eigenvalue weighted by atomic mass is 10.1. The summed E-state index contributed by atoms with van der Waals surface area (Å²) in [4.78, 5) is 2.38. The second-order valence-corrected chi connectivity index (χ2v) is 5.44. The second-order valence-electron chi connectivity index (χ2n) is 4.59. The standard InChI is InChI=1S/C15H14BrNO/c16-13-9-11(5-6-15(13)18)10-17-8-7-12-3-1-2-4-14(12)17/h1-6,9,18H,7-8,10H2. The van der Waals surface area contributed by atoms with Gasteiger partial charge in [0, 0.05) is 18.8 Å². The van der Waals surface area contributed by atoms with Crippen molar-refractivity contribution in [2.75, 3.05) is 11.4 Å². The largest absolute Gasteiger partial charge is 0.507 e. The van der Waals surface area contributed by atoms with Crippen LogP contribution in [0.1, 0.15) is 11.1 Å². The van der Waals surface area contributed by atoms with Crippen molar-refractivity contribution in [3.8, 4) is 5.75 Å². The van der Waals surface area contributed by atoms with E-state index in [-0.39, 0.29) is 0 Å². The van der Waals surface area contributed by atoms with Gasteiger partial charge in [-0.3, -0.25) is 0 Å². The summed E-state index contributed by atoms with van der Waals surface area (Å²) >= 11 is 3.36. The van der Waals surface area contributed by atoms with Gasteiger partial charge in [0.2, 0.25) is 0 Å². The molecule has 3 rings (SSSR count). The first-order chi connectivity index (χ1) is 8.74. The summed E-state index contributed by atoms with van der Waals surface area (Å²) in [6.07, 6.45) is 1.12. The Hall–Kier alpha value is -1.48. The predicted octanol–water partition coefficient (Wildman–Crippen LogP) is 3.72. The van der Waals surface area contributed by atoms with Crippen LogP contribution >= 0.6 is 15.9 Å². The van der Waals surface area contributed by atoms with Crippen LogP contribution in [0.15, 0.2) is 46.9 Å². The third kappa shape index (κ3) is 2.10. The van der Waals surface area contributed by atoms with Crippen LogP contribution in [-0.2, 0) is 13.0 Å². The number of phenols is 1. The topological polar surface area (TPSA) is 23.5 Å². The first-order valence-corrected chi connectivity index (χ1v) is 6.83. The van der Waals surface area contributed by atoms with Gasteiger partial charge in [-0.2, -0.15) is 0 Å². The molecular formula is C15H14BrNO. The molecule has 3 heteroatoms. The van der Waals surface area contributed by atoms with Crippen molar-refractivity contribution in [3.63, 3.8) is 0 Å². The molecule has 0 bridgehead atoms. The summed E-state index contributed by atoms with van der Waals surface area (Å²) < 4.78 is 0.757. The van der Waals surface area contributed by atoms with Gasteiger partial charge in [-0.15, -0.1) is 0 Å². The summed E-state index contributed by atoms with van der Waals surface area (Å²) in [5.41, 5.74) is 3.97. The maximum absolute atomic E-state index is 9.50. The highest BCUT2D eigenvalue weighted by atomic mass is 79.9. The molecule has 0 spiro atoms. The third-order valence-electron chi connectivity index (χ3n) is 3.37. The summed E-state index contributed by atoms with van der Waals surface area (Å²) in [5, 5.41) is 9.50. The molecule has 2 aromatic carbocycles. The molecule has 1 aliphatic rings. The minimum atomic E-state index is 0.292. The van der Waals surface area contributed by atoms with Crippen molar-refractivity contribution in [2.24, 2.45) is 0 Å². The maximum atomic E-state index is 9.50. The highest BCUT2D eigenvalue weighted by molar-refractivity contribution is 9.10. The fourth-order valence-corrected chi connectivity index (χ4v) is 2.87. The first-order valence-electron chi connectivity index (χ1n) is 6.04. The Kier molecular flexibility index (Phi) is 3.00. The molecule has 2 nitrogen and oxygen atoms in total. The van der Waals surface area contributed by atoms with Gasteiger partial charge in [0.05, 0.1) is 4.47 Å². The van der Waals surface area contributed by atoms with Gasteiger partial charge in [0.15, 0.2) is 0 Å². The van der Waals surface area contributed by atoms with Crippen molar-refractivity contribution in [3.05, 3.63) is 58.1 Å². The van der Waals surface area contributed by atoms with Crippen LogP contribution < -0.4 is 4.90 Å². The van der Waals surface area contributed by atoms with Crippen LogP contribution in [0.2, 0.25) is 0 Å². The van der Waals surface area contributed by atoms with Crippen LogP contribution in [-0.4, -0.2) is 11.7 Å². The molecule has 18 heavy (non-hydrogen) atoms. The molecule has 1 N–H and O–H groups in total. The van der Waals surface area contributed by atoms with Gasteiger partial charge in [0.25, 0.3) is 0 Å². The number of aromatic hydroxyl groups is 1. The molecule has 1 heterocycles. The van der Waals surface area contributed by atoms with Crippen LogP contribution in [0.25, 0.3) is 0 Å². The third-order valence-corrected chi connectivity index (χ3v) is 4.00. The molecule has 2 aromatic rings. The Balaban J connectivity index is 1.84. The van der Waals surface area contributed by atoms with E-state index in [4.69, 9.17) is 0 Å². The van der Waals surface area contributed by atoms with Crippen molar-refractivity contribution in [2.45, 2.75) is 13.0 Å². The zero-order valence-corrected chi connectivity index (χ0v) is 11.5. The highest BCUT2D eigenvalue weighted by Gasteiger charge is 2.18. The van der Waals surface area contributed by atoms with Gasteiger partial charge in [-0.25, -0.2) is 0 Å². The highest BCUT2D eigenvalue weighted by Crippen LogP contribution is 2.30. The van der Waals surface area contributed by atoms with E-state index in [2.05, 4.69) is 45.1 Å². The smallest absolute Gasteiger partial charge is 0.129 e.